The Labute approximate surface area is 73.2 Å². The maximum absolute atomic E-state index is 5.50. The lowest BCUT2D eigenvalue weighted by Crippen LogP contribution is -2.41. The molecule has 2 atom stereocenters. The van der Waals surface area contributed by atoms with Gasteiger partial charge in [-0.1, -0.05) is 6.92 Å². The molecule has 0 radical (unpaired) electrons. The van der Waals surface area contributed by atoms with Gasteiger partial charge < -0.3 is 10.2 Å². The highest BCUT2D eigenvalue weighted by molar-refractivity contribution is 5.86. The van der Waals surface area contributed by atoms with Crippen molar-refractivity contribution in [3.63, 3.8) is 0 Å². The van der Waals surface area contributed by atoms with E-state index in [-0.39, 0.29) is 6.10 Å². The number of ether oxygens (including phenoxy) is 1. The summed E-state index contributed by atoms with van der Waals surface area (Å²) in [5.41, 5.74) is 2.60. The third-order valence-electron chi connectivity index (χ3n) is 2.13. The number of hydrogen-bond donors (Lipinski definition) is 2. The summed E-state index contributed by atoms with van der Waals surface area (Å²) in [6.45, 7) is 5.69. The van der Waals surface area contributed by atoms with E-state index in [9.17, 15) is 0 Å². The highest BCUT2D eigenvalue weighted by atomic mass is 16.5. The number of nitrogens with two attached hydrogens (primary N) is 1. The van der Waals surface area contributed by atoms with Crippen molar-refractivity contribution >= 4 is 5.84 Å². The Bertz CT molecular complexity index is 170. The molecule has 0 amide bonds. The molecule has 3 N–H and O–H groups in total. The first-order chi connectivity index (χ1) is 5.79. The summed E-state index contributed by atoms with van der Waals surface area (Å²) in [5.74, 6) is 6.64. The van der Waals surface area contributed by atoms with Gasteiger partial charge in [0.1, 0.15) is 11.9 Å². The predicted molar refractivity (Wildman–Crippen MR) is 48.8 cm³/mol. The van der Waals surface area contributed by atoms with Gasteiger partial charge in [0.15, 0.2) is 0 Å². The Kier molecular flexibility index (Phi) is 3.49. The molecule has 0 aromatic rings. The van der Waals surface area contributed by atoms with Crippen molar-refractivity contribution < 1.29 is 4.74 Å². The molecule has 1 rings (SSSR count). The van der Waals surface area contributed by atoms with Crippen LogP contribution < -0.4 is 11.3 Å². The SMILES string of the molecule is CCN=C(NN)C1OCCC1C. The van der Waals surface area contributed by atoms with E-state index in [1.807, 2.05) is 6.92 Å². The predicted octanol–water partition coefficient (Wildman–Crippen LogP) is 0.293. The van der Waals surface area contributed by atoms with Crippen molar-refractivity contribution in [3.05, 3.63) is 0 Å². The van der Waals surface area contributed by atoms with Gasteiger partial charge in [0.2, 0.25) is 0 Å². The van der Waals surface area contributed by atoms with Crippen LogP contribution >= 0.6 is 0 Å². The summed E-state index contributed by atoms with van der Waals surface area (Å²) >= 11 is 0. The number of aliphatic imine (C=N–C) groups is 1. The van der Waals surface area contributed by atoms with Gasteiger partial charge in [0, 0.05) is 13.2 Å². The molecule has 0 bridgehead atoms. The molecule has 70 valence electrons. The fourth-order valence-electron chi connectivity index (χ4n) is 1.43. The average Bonchev–Trinajstić information content (AvgIpc) is 2.47. The summed E-state index contributed by atoms with van der Waals surface area (Å²) in [5, 5.41) is 0. The van der Waals surface area contributed by atoms with Gasteiger partial charge in [-0.2, -0.15) is 0 Å². The molecule has 0 aromatic carbocycles. The number of hydrazine groups is 1. The van der Waals surface area contributed by atoms with Gasteiger partial charge in [-0.3, -0.25) is 4.99 Å². The second-order valence-corrected chi connectivity index (χ2v) is 3.06. The molecule has 1 fully saturated rings. The average molecular weight is 171 g/mol. The zero-order chi connectivity index (χ0) is 8.97. The van der Waals surface area contributed by atoms with Crippen LogP contribution in [0.5, 0.6) is 0 Å². The first-order valence-electron chi connectivity index (χ1n) is 4.42. The van der Waals surface area contributed by atoms with E-state index in [2.05, 4.69) is 17.3 Å². The summed E-state index contributed by atoms with van der Waals surface area (Å²) in [6, 6.07) is 0. The first kappa shape index (κ1) is 9.48. The van der Waals surface area contributed by atoms with E-state index >= 15 is 0 Å². The normalized spacial score (nSPS) is 30.8. The van der Waals surface area contributed by atoms with Crippen LogP contribution in [0.2, 0.25) is 0 Å². The van der Waals surface area contributed by atoms with Crippen LogP contribution in [0.4, 0.5) is 0 Å². The van der Waals surface area contributed by atoms with Gasteiger partial charge in [0.05, 0.1) is 0 Å². The minimum absolute atomic E-state index is 0.0787. The number of amidine groups is 1. The summed E-state index contributed by atoms with van der Waals surface area (Å²) in [7, 11) is 0. The fraction of sp³-hybridized carbons (Fsp3) is 0.875. The second-order valence-electron chi connectivity index (χ2n) is 3.06. The molecule has 2 unspecified atom stereocenters. The minimum Gasteiger partial charge on any atom is -0.370 e. The van der Waals surface area contributed by atoms with Crippen molar-refractivity contribution in [2.75, 3.05) is 13.2 Å². The lowest BCUT2D eigenvalue weighted by atomic mass is 10.0. The van der Waals surface area contributed by atoms with Gasteiger partial charge in [0.25, 0.3) is 0 Å². The maximum atomic E-state index is 5.50. The first-order valence-corrected chi connectivity index (χ1v) is 4.42. The quantitative estimate of drug-likeness (QED) is 0.272. The number of rotatable bonds is 2. The van der Waals surface area contributed by atoms with E-state index in [1.165, 1.54) is 0 Å². The summed E-state index contributed by atoms with van der Waals surface area (Å²) < 4.78 is 5.50. The Morgan fingerprint density at radius 3 is 2.92 bits per heavy atom. The molecular formula is C8H17N3O. The fourth-order valence-corrected chi connectivity index (χ4v) is 1.43. The topological polar surface area (TPSA) is 59.6 Å². The van der Waals surface area contributed by atoms with Crippen LogP contribution in [0.3, 0.4) is 0 Å². The van der Waals surface area contributed by atoms with E-state index < -0.39 is 0 Å². The largest absolute Gasteiger partial charge is 0.370 e. The van der Waals surface area contributed by atoms with Crippen LogP contribution in [0.25, 0.3) is 0 Å². The van der Waals surface area contributed by atoms with Crippen LogP contribution in [-0.4, -0.2) is 25.1 Å². The monoisotopic (exact) mass is 171 g/mol. The van der Waals surface area contributed by atoms with Crippen molar-refractivity contribution in [1.29, 1.82) is 0 Å². The zero-order valence-electron chi connectivity index (χ0n) is 7.71. The van der Waals surface area contributed by atoms with Crippen LogP contribution in [0.15, 0.2) is 4.99 Å². The number of nitrogens with zero attached hydrogens (tertiary/aromatic N) is 1. The number of nitrogens with one attached hydrogen (secondary N) is 1. The zero-order valence-corrected chi connectivity index (χ0v) is 7.71. The van der Waals surface area contributed by atoms with E-state index in [0.717, 1.165) is 25.4 Å². The van der Waals surface area contributed by atoms with Gasteiger partial charge in [-0.05, 0) is 19.3 Å². The lowest BCUT2D eigenvalue weighted by molar-refractivity contribution is 0.142. The molecule has 1 aliphatic rings. The molecule has 1 saturated heterocycles. The highest BCUT2D eigenvalue weighted by Gasteiger charge is 2.28. The third-order valence-corrected chi connectivity index (χ3v) is 2.13. The third kappa shape index (κ3) is 1.95. The van der Waals surface area contributed by atoms with Crippen molar-refractivity contribution in [2.24, 2.45) is 16.8 Å². The molecule has 0 saturated carbocycles. The minimum atomic E-state index is 0.0787. The van der Waals surface area contributed by atoms with Crippen LogP contribution in [-0.2, 0) is 4.74 Å². The van der Waals surface area contributed by atoms with Crippen LogP contribution in [0.1, 0.15) is 20.3 Å². The van der Waals surface area contributed by atoms with Crippen molar-refractivity contribution in [1.82, 2.24) is 5.43 Å². The molecular weight excluding hydrogens is 154 g/mol. The highest BCUT2D eigenvalue weighted by Crippen LogP contribution is 2.20. The Morgan fingerprint density at radius 2 is 2.50 bits per heavy atom. The number of hydrogen-bond acceptors (Lipinski definition) is 3. The van der Waals surface area contributed by atoms with Gasteiger partial charge in [-0.15, -0.1) is 0 Å². The van der Waals surface area contributed by atoms with Gasteiger partial charge >= 0.3 is 0 Å². The smallest absolute Gasteiger partial charge is 0.140 e. The Morgan fingerprint density at radius 1 is 1.75 bits per heavy atom. The van der Waals surface area contributed by atoms with E-state index in [1.54, 1.807) is 0 Å². The molecule has 4 heteroatoms. The molecule has 1 aliphatic heterocycles. The molecule has 4 nitrogen and oxygen atoms in total. The molecule has 0 aliphatic carbocycles. The van der Waals surface area contributed by atoms with Crippen molar-refractivity contribution in [3.8, 4) is 0 Å². The Balaban J connectivity index is 2.58. The molecule has 0 spiro atoms. The van der Waals surface area contributed by atoms with Gasteiger partial charge in [-0.25, -0.2) is 5.84 Å². The lowest BCUT2D eigenvalue weighted by Gasteiger charge is -2.16. The molecule has 0 aromatic heterocycles. The van der Waals surface area contributed by atoms with E-state index in [4.69, 9.17) is 10.6 Å². The summed E-state index contributed by atoms with van der Waals surface area (Å²) in [6.07, 6.45) is 1.17. The summed E-state index contributed by atoms with van der Waals surface area (Å²) in [4.78, 5) is 4.23. The molecule has 12 heavy (non-hydrogen) atoms. The standard InChI is InChI=1S/C8H17N3O/c1-3-10-8(11-9)7-6(2)4-5-12-7/h6-7H,3-5,9H2,1-2H3,(H,10,11). The van der Waals surface area contributed by atoms with Crippen LogP contribution in [0, 0.1) is 5.92 Å². The molecule has 1 heterocycles. The Hall–Kier alpha value is -0.610. The van der Waals surface area contributed by atoms with Crippen molar-refractivity contribution in [2.45, 2.75) is 26.4 Å². The second kappa shape index (κ2) is 4.42. The maximum Gasteiger partial charge on any atom is 0.140 e. The van der Waals surface area contributed by atoms with E-state index in [0.29, 0.717) is 5.92 Å².